The molecule has 6 heteroatoms. The van der Waals surface area contributed by atoms with Crippen molar-refractivity contribution in [2.75, 3.05) is 59.5 Å². The van der Waals surface area contributed by atoms with E-state index in [0.29, 0.717) is 46.2 Å². The minimum atomic E-state index is -0.288. The molecule has 0 bridgehead atoms. The second-order valence-corrected chi connectivity index (χ2v) is 6.26. The van der Waals surface area contributed by atoms with Crippen LogP contribution in [0.4, 0.5) is 0 Å². The van der Waals surface area contributed by atoms with Crippen molar-refractivity contribution in [1.29, 1.82) is 0 Å². The maximum Gasteiger partial charge on any atom is 0.302 e. The highest BCUT2D eigenvalue weighted by Gasteiger charge is 1.95. The van der Waals surface area contributed by atoms with Crippen LogP contribution in [0.15, 0.2) is 0 Å². The number of ether oxygens (including phenoxy) is 5. The molecule has 0 amide bonds. The normalized spacial score (nSPS) is 11.0. The van der Waals surface area contributed by atoms with Gasteiger partial charge in [0.05, 0.1) is 46.2 Å². The second kappa shape index (κ2) is 22.4. The van der Waals surface area contributed by atoms with Crippen molar-refractivity contribution in [3.05, 3.63) is 0 Å². The van der Waals surface area contributed by atoms with Gasteiger partial charge in [-0.1, -0.05) is 51.9 Å². The maximum atomic E-state index is 10.5. The SMILES string of the molecule is CCCCCCCCCCOCCOCCOCCOCCOC(C)=O. The number of unbranched alkanes of at least 4 members (excludes halogenated alkanes) is 7. The monoisotopic (exact) mass is 376 g/mol. The van der Waals surface area contributed by atoms with Crippen LogP contribution in [-0.4, -0.2) is 65.4 Å². The molecule has 0 radical (unpaired) electrons. The Hall–Kier alpha value is -0.690. The van der Waals surface area contributed by atoms with Crippen molar-refractivity contribution in [3.63, 3.8) is 0 Å². The number of hydrogen-bond acceptors (Lipinski definition) is 6. The van der Waals surface area contributed by atoms with Gasteiger partial charge in [-0.3, -0.25) is 4.79 Å². The fourth-order valence-electron chi connectivity index (χ4n) is 2.34. The molecule has 0 saturated heterocycles. The molecule has 0 N–H and O–H groups in total. The van der Waals surface area contributed by atoms with Gasteiger partial charge in [0.2, 0.25) is 0 Å². The van der Waals surface area contributed by atoms with E-state index < -0.39 is 0 Å². The summed E-state index contributed by atoms with van der Waals surface area (Å²) < 4.78 is 26.4. The van der Waals surface area contributed by atoms with E-state index in [2.05, 4.69) is 6.92 Å². The first-order valence-electron chi connectivity index (χ1n) is 10.2. The highest BCUT2D eigenvalue weighted by molar-refractivity contribution is 5.65. The Labute approximate surface area is 159 Å². The minimum Gasteiger partial charge on any atom is -0.463 e. The Morgan fingerprint density at radius 2 is 0.923 bits per heavy atom. The minimum absolute atomic E-state index is 0.288. The molecule has 0 spiro atoms. The first-order chi connectivity index (χ1) is 12.8. The van der Waals surface area contributed by atoms with E-state index >= 15 is 0 Å². The van der Waals surface area contributed by atoms with Crippen molar-refractivity contribution < 1.29 is 28.5 Å². The summed E-state index contributed by atoms with van der Waals surface area (Å²) in [5.74, 6) is -0.288. The number of rotatable bonds is 21. The van der Waals surface area contributed by atoms with Gasteiger partial charge in [-0.15, -0.1) is 0 Å². The fraction of sp³-hybridized carbons (Fsp3) is 0.950. The van der Waals surface area contributed by atoms with Crippen LogP contribution in [0.25, 0.3) is 0 Å². The Bertz CT molecular complexity index is 285. The highest BCUT2D eigenvalue weighted by atomic mass is 16.6. The molecular formula is C20H40O6. The van der Waals surface area contributed by atoms with Crippen molar-refractivity contribution in [2.24, 2.45) is 0 Å². The lowest BCUT2D eigenvalue weighted by Crippen LogP contribution is -2.13. The van der Waals surface area contributed by atoms with Gasteiger partial charge in [-0.25, -0.2) is 0 Å². The number of carbonyl (C=O) groups is 1. The van der Waals surface area contributed by atoms with Crippen molar-refractivity contribution in [2.45, 2.75) is 65.2 Å². The van der Waals surface area contributed by atoms with Gasteiger partial charge in [0.1, 0.15) is 6.61 Å². The molecule has 0 aliphatic carbocycles. The van der Waals surface area contributed by atoms with E-state index in [1.165, 1.54) is 51.9 Å². The molecule has 0 atom stereocenters. The first kappa shape index (κ1) is 25.3. The Morgan fingerprint density at radius 3 is 1.38 bits per heavy atom. The lowest BCUT2D eigenvalue weighted by atomic mass is 10.1. The Balaban J connectivity index is 2.98. The maximum absolute atomic E-state index is 10.5. The molecule has 0 heterocycles. The second-order valence-electron chi connectivity index (χ2n) is 6.26. The molecule has 0 saturated carbocycles. The van der Waals surface area contributed by atoms with Crippen LogP contribution in [0.5, 0.6) is 0 Å². The van der Waals surface area contributed by atoms with E-state index in [0.717, 1.165) is 13.0 Å². The molecule has 0 aromatic carbocycles. The van der Waals surface area contributed by atoms with E-state index in [9.17, 15) is 4.79 Å². The molecule has 26 heavy (non-hydrogen) atoms. The zero-order valence-electron chi connectivity index (χ0n) is 17.0. The van der Waals surface area contributed by atoms with E-state index in [4.69, 9.17) is 23.7 Å². The summed E-state index contributed by atoms with van der Waals surface area (Å²) in [6.45, 7) is 8.52. The first-order valence-corrected chi connectivity index (χ1v) is 10.2. The van der Waals surface area contributed by atoms with E-state index in [1.54, 1.807) is 0 Å². The third-order valence-corrected chi connectivity index (χ3v) is 3.79. The van der Waals surface area contributed by atoms with Crippen LogP contribution < -0.4 is 0 Å². The van der Waals surface area contributed by atoms with E-state index in [1.807, 2.05) is 0 Å². The zero-order valence-corrected chi connectivity index (χ0v) is 17.0. The van der Waals surface area contributed by atoms with Gasteiger partial charge in [0.25, 0.3) is 0 Å². The molecule has 0 unspecified atom stereocenters. The van der Waals surface area contributed by atoms with Gasteiger partial charge in [0.15, 0.2) is 0 Å². The fourth-order valence-corrected chi connectivity index (χ4v) is 2.34. The molecular weight excluding hydrogens is 336 g/mol. The molecule has 0 rings (SSSR count). The number of carbonyl (C=O) groups excluding carboxylic acids is 1. The van der Waals surface area contributed by atoms with Crippen LogP contribution in [0.3, 0.4) is 0 Å². The summed E-state index contributed by atoms with van der Waals surface area (Å²) in [5, 5.41) is 0. The lowest BCUT2D eigenvalue weighted by Gasteiger charge is -2.07. The van der Waals surface area contributed by atoms with Gasteiger partial charge < -0.3 is 23.7 Å². The molecule has 0 aliphatic heterocycles. The smallest absolute Gasteiger partial charge is 0.302 e. The standard InChI is InChI=1S/C20H40O6/c1-3-4-5-6-7-8-9-10-11-22-12-13-23-14-15-24-16-17-25-18-19-26-20(2)21/h3-19H2,1-2H3. The molecule has 0 aliphatic rings. The average molecular weight is 377 g/mol. The van der Waals surface area contributed by atoms with E-state index in [-0.39, 0.29) is 12.6 Å². The van der Waals surface area contributed by atoms with Crippen molar-refractivity contribution >= 4 is 5.97 Å². The average Bonchev–Trinajstić information content (AvgIpc) is 2.62. The van der Waals surface area contributed by atoms with Crippen molar-refractivity contribution in [1.82, 2.24) is 0 Å². The molecule has 156 valence electrons. The third-order valence-electron chi connectivity index (χ3n) is 3.79. The van der Waals surface area contributed by atoms with Crippen LogP contribution in [-0.2, 0) is 28.5 Å². The van der Waals surface area contributed by atoms with Crippen molar-refractivity contribution in [3.8, 4) is 0 Å². The lowest BCUT2D eigenvalue weighted by molar-refractivity contribution is -0.142. The molecule has 0 aromatic rings. The van der Waals surface area contributed by atoms with Crippen LogP contribution in [0.2, 0.25) is 0 Å². The van der Waals surface area contributed by atoms with Crippen LogP contribution in [0.1, 0.15) is 65.2 Å². The predicted octanol–water partition coefficient (Wildman–Crippen LogP) is 3.76. The van der Waals surface area contributed by atoms with Gasteiger partial charge in [-0.05, 0) is 6.42 Å². The third kappa shape index (κ3) is 23.3. The predicted molar refractivity (Wildman–Crippen MR) is 103 cm³/mol. The Morgan fingerprint density at radius 1 is 0.538 bits per heavy atom. The number of esters is 1. The summed E-state index contributed by atoms with van der Waals surface area (Å²) in [5.41, 5.74) is 0. The highest BCUT2D eigenvalue weighted by Crippen LogP contribution is 2.08. The van der Waals surface area contributed by atoms with Crippen LogP contribution >= 0.6 is 0 Å². The summed E-state index contributed by atoms with van der Waals surface area (Å²) in [6.07, 6.45) is 10.6. The Kier molecular flexibility index (Phi) is 21.8. The molecule has 6 nitrogen and oxygen atoms in total. The molecule has 0 fully saturated rings. The summed E-state index contributed by atoms with van der Waals surface area (Å²) in [4.78, 5) is 10.5. The topological polar surface area (TPSA) is 63.2 Å². The zero-order chi connectivity index (χ0) is 19.1. The number of hydrogen-bond donors (Lipinski definition) is 0. The van der Waals surface area contributed by atoms with Crippen LogP contribution in [0, 0.1) is 0 Å². The van der Waals surface area contributed by atoms with Gasteiger partial charge in [-0.2, -0.15) is 0 Å². The summed E-state index contributed by atoms with van der Waals surface area (Å²) in [6, 6.07) is 0. The largest absolute Gasteiger partial charge is 0.463 e. The summed E-state index contributed by atoms with van der Waals surface area (Å²) >= 11 is 0. The molecule has 0 aromatic heterocycles. The van der Waals surface area contributed by atoms with Gasteiger partial charge in [0, 0.05) is 13.5 Å². The van der Waals surface area contributed by atoms with Gasteiger partial charge >= 0.3 is 5.97 Å². The summed E-state index contributed by atoms with van der Waals surface area (Å²) in [7, 11) is 0. The quantitative estimate of drug-likeness (QED) is 0.224.